The van der Waals surface area contributed by atoms with Gasteiger partial charge in [-0.05, 0) is 5.56 Å². The molecule has 0 fully saturated rings. The molecule has 0 aliphatic rings. The Morgan fingerprint density at radius 1 is 1.32 bits per heavy atom. The van der Waals surface area contributed by atoms with Crippen molar-refractivity contribution in [3.05, 3.63) is 42.1 Å². The van der Waals surface area contributed by atoms with Gasteiger partial charge in [0.1, 0.15) is 0 Å². The van der Waals surface area contributed by atoms with Gasteiger partial charge in [-0.1, -0.05) is 30.3 Å². The number of amides is 1. The van der Waals surface area contributed by atoms with E-state index in [4.69, 9.17) is 0 Å². The van der Waals surface area contributed by atoms with Gasteiger partial charge in [0.25, 0.3) is 0 Å². The van der Waals surface area contributed by atoms with E-state index in [-0.39, 0.29) is 5.91 Å². The third kappa shape index (κ3) is 3.66. The minimum absolute atomic E-state index is 0.0444. The van der Waals surface area contributed by atoms with Crippen LogP contribution < -0.4 is 10.6 Å². The van der Waals surface area contributed by atoms with E-state index in [0.29, 0.717) is 19.5 Å². The second kappa shape index (κ2) is 6.70. The molecule has 2 rings (SSSR count). The fraction of sp³-hybridized carbons (Fsp3) is 0.286. The first-order valence-corrected chi connectivity index (χ1v) is 6.30. The Labute approximate surface area is 112 Å². The number of aromatic amines is 1. The van der Waals surface area contributed by atoms with Crippen LogP contribution in [-0.4, -0.2) is 29.7 Å². The van der Waals surface area contributed by atoms with Gasteiger partial charge < -0.3 is 10.6 Å². The third-order valence-corrected chi connectivity index (χ3v) is 2.90. The summed E-state index contributed by atoms with van der Waals surface area (Å²) in [4.78, 5) is 11.1. The molecule has 1 heterocycles. The smallest absolute Gasteiger partial charge is 0.221 e. The first-order chi connectivity index (χ1) is 9.31. The Bertz CT molecular complexity index is 521. The summed E-state index contributed by atoms with van der Waals surface area (Å²) < 4.78 is 0. The number of hydrogen-bond donors (Lipinski definition) is 3. The number of carbonyl (C=O) groups excluding carboxylic acids is 1. The van der Waals surface area contributed by atoms with Crippen LogP contribution >= 0.6 is 0 Å². The second-order valence-electron chi connectivity index (χ2n) is 4.24. The maximum absolute atomic E-state index is 11.1. The van der Waals surface area contributed by atoms with Crippen LogP contribution in [0.5, 0.6) is 0 Å². The fourth-order valence-electron chi connectivity index (χ4n) is 1.85. The van der Waals surface area contributed by atoms with Crippen LogP contribution in [0.1, 0.15) is 12.0 Å². The second-order valence-corrected chi connectivity index (χ2v) is 4.24. The highest BCUT2D eigenvalue weighted by Gasteiger charge is 2.06. The SMILES string of the molecule is CNC(=O)CCNCc1cn[nH]c1-c1ccccc1. The molecule has 0 atom stereocenters. The number of H-pyrrole nitrogens is 1. The lowest BCUT2D eigenvalue weighted by Gasteiger charge is -2.05. The zero-order valence-corrected chi connectivity index (χ0v) is 10.9. The van der Waals surface area contributed by atoms with Crippen molar-refractivity contribution in [3.8, 4) is 11.3 Å². The van der Waals surface area contributed by atoms with Crippen molar-refractivity contribution >= 4 is 5.91 Å². The van der Waals surface area contributed by atoms with Gasteiger partial charge >= 0.3 is 0 Å². The first kappa shape index (κ1) is 13.3. The molecule has 0 spiro atoms. The highest BCUT2D eigenvalue weighted by Crippen LogP contribution is 2.20. The van der Waals surface area contributed by atoms with Gasteiger partial charge in [-0.15, -0.1) is 0 Å². The summed E-state index contributed by atoms with van der Waals surface area (Å²) in [7, 11) is 1.64. The van der Waals surface area contributed by atoms with Crippen LogP contribution in [0.25, 0.3) is 11.3 Å². The molecule has 0 aliphatic carbocycles. The monoisotopic (exact) mass is 258 g/mol. The Morgan fingerprint density at radius 3 is 2.84 bits per heavy atom. The molecule has 0 unspecified atom stereocenters. The largest absolute Gasteiger partial charge is 0.359 e. The third-order valence-electron chi connectivity index (χ3n) is 2.90. The van der Waals surface area contributed by atoms with Gasteiger partial charge in [-0.2, -0.15) is 5.10 Å². The summed E-state index contributed by atoms with van der Waals surface area (Å²) in [5.74, 6) is 0.0444. The Morgan fingerprint density at radius 2 is 2.11 bits per heavy atom. The highest BCUT2D eigenvalue weighted by molar-refractivity contribution is 5.75. The Kier molecular flexibility index (Phi) is 4.69. The van der Waals surface area contributed by atoms with Gasteiger partial charge in [-0.3, -0.25) is 9.89 Å². The molecule has 1 aromatic carbocycles. The Balaban J connectivity index is 1.92. The maximum Gasteiger partial charge on any atom is 0.221 e. The van der Waals surface area contributed by atoms with E-state index in [1.807, 2.05) is 36.5 Å². The van der Waals surface area contributed by atoms with E-state index < -0.39 is 0 Å². The predicted octanol–water partition coefficient (Wildman–Crippen LogP) is 1.30. The number of carbonyl (C=O) groups is 1. The normalized spacial score (nSPS) is 10.4. The molecule has 0 radical (unpaired) electrons. The minimum Gasteiger partial charge on any atom is -0.359 e. The lowest BCUT2D eigenvalue weighted by Crippen LogP contribution is -2.24. The topological polar surface area (TPSA) is 69.8 Å². The zero-order valence-electron chi connectivity index (χ0n) is 10.9. The Hall–Kier alpha value is -2.14. The molecule has 100 valence electrons. The van der Waals surface area contributed by atoms with E-state index >= 15 is 0 Å². The number of nitrogens with one attached hydrogen (secondary N) is 3. The van der Waals surface area contributed by atoms with E-state index in [2.05, 4.69) is 20.8 Å². The standard InChI is InChI=1S/C14H18N4O/c1-15-13(19)7-8-16-9-12-10-17-18-14(12)11-5-3-2-4-6-11/h2-6,10,16H,7-9H2,1H3,(H,15,19)(H,17,18). The van der Waals surface area contributed by atoms with Crippen LogP contribution in [0, 0.1) is 0 Å². The van der Waals surface area contributed by atoms with Crippen LogP contribution in [0.4, 0.5) is 0 Å². The molecule has 0 saturated carbocycles. The van der Waals surface area contributed by atoms with Crippen LogP contribution in [-0.2, 0) is 11.3 Å². The molecule has 1 amide bonds. The fourth-order valence-corrected chi connectivity index (χ4v) is 1.85. The molecule has 1 aromatic heterocycles. The summed E-state index contributed by atoms with van der Waals surface area (Å²) >= 11 is 0. The van der Waals surface area contributed by atoms with Gasteiger partial charge in [0, 0.05) is 32.1 Å². The maximum atomic E-state index is 11.1. The van der Waals surface area contributed by atoms with Gasteiger partial charge in [0.2, 0.25) is 5.91 Å². The minimum atomic E-state index is 0.0444. The number of nitrogens with zero attached hydrogens (tertiary/aromatic N) is 1. The van der Waals surface area contributed by atoms with E-state index in [1.165, 1.54) is 0 Å². The molecule has 5 heteroatoms. The van der Waals surface area contributed by atoms with Crippen molar-refractivity contribution in [2.75, 3.05) is 13.6 Å². The summed E-state index contributed by atoms with van der Waals surface area (Å²) in [6.07, 6.45) is 2.30. The van der Waals surface area contributed by atoms with E-state index in [0.717, 1.165) is 16.8 Å². The van der Waals surface area contributed by atoms with Crippen molar-refractivity contribution < 1.29 is 4.79 Å². The number of aromatic nitrogens is 2. The van der Waals surface area contributed by atoms with Crippen LogP contribution in [0.15, 0.2) is 36.5 Å². The van der Waals surface area contributed by atoms with Crippen molar-refractivity contribution in [1.82, 2.24) is 20.8 Å². The summed E-state index contributed by atoms with van der Waals surface area (Å²) in [5.41, 5.74) is 3.24. The molecule has 2 aromatic rings. The molecular weight excluding hydrogens is 240 g/mol. The molecule has 0 saturated heterocycles. The number of hydrogen-bond acceptors (Lipinski definition) is 3. The molecule has 0 aliphatic heterocycles. The highest BCUT2D eigenvalue weighted by atomic mass is 16.1. The lowest BCUT2D eigenvalue weighted by atomic mass is 10.1. The molecule has 5 nitrogen and oxygen atoms in total. The first-order valence-electron chi connectivity index (χ1n) is 6.30. The molecule has 3 N–H and O–H groups in total. The number of benzene rings is 1. The summed E-state index contributed by atoms with van der Waals surface area (Å²) in [6, 6.07) is 10.1. The van der Waals surface area contributed by atoms with Crippen molar-refractivity contribution in [1.29, 1.82) is 0 Å². The summed E-state index contributed by atoms with van der Waals surface area (Å²) in [6.45, 7) is 1.34. The average Bonchev–Trinajstić information content (AvgIpc) is 2.92. The van der Waals surface area contributed by atoms with E-state index in [1.54, 1.807) is 7.05 Å². The van der Waals surface area contributed by atoms with Crippen molar-refractivity contribution in [3.63, 3.8) is 0 Å². The zero-order chi connectivity index (χ0) is 13.5. The van der Waals surface area contributed by atoms with Crippen molar-refractivity contribution in [2.24, 2.45) is 0 Å². The van der Waals surface area contributed by atoms with E-state index in [9.17, 15) is 4.79 Å². The van der Waals surface area contributed by atoms with Crippen LogP contribution in [0.3, 0.4) is 0 Å². The molecule has 0 bridgehead atoms. The van der Waals surface area contributed by atoms with Crippen molar-refractivity contribution in [2.45, 2.75) is 13.0 Å². The molecule has 19 heavy (non-hydrogen) atoms. The average molecular weight is 258 g/mol. The molecular formula is C14H18N4O. The van der Waals surface area contributed by atoms with Gasteiger partial charge in [-0.25, -0.2) is 0 Å². The predicted molar refractivity (Wildman–Crippen MR) is 74.4 cm³/mol. The summed E-state index contributed by atoms with van der Waals surface area (Å²) in [5, 5.41) is 12.9. The lowest BCUT2D eigenvalue weighted by molar-refractivity contribution is -0.120. The number of rotatable bonds is 6. The van der Waals surface area contributed by atoms with Gasteiger partial charge in [0.15, 0.2) is 0 Å². The van der Waals surface area contributed by atoms with Crippen LogP contribution in [0.2, 0.25) is 0 Å². The quantitative estimate of drug-likeness (QED) is 0.684. The van der Waals surface area contributed by atoms with Gasteiger partial charge in [0.05, 0.1) is 11.9 Å².